The summed E-state index contributed by atoms with van der Waals surface area (Å²) in [5.41, 5.74) is 2.07. The Hall–Kier alpha value is -3.03. The Balaban J connectivity index is 1.79. The van der Waals surface area contributed by atoms with E-state index >= 15 is 0 Å². The number of methoxy groups -OCH3 is 1. The molecule has 0 spiro atoms. The number of carbonyl (C=O) groups excluding carboxylic acids is 1. The largest absolute Gasteiger partial charge is 0.495 e. The predicted octanol–water partition coefficient (Wildman–Crippen LogP) is 4.52. The minimum Gasteiger partial charge on any atom is -0.495 e. The number of nitrogens with zero attached hydrogens (tertiary/aromatic N) is 2. The highest BCUT2D eigenvalue weighted by Crippen LogP contribution is 2.36. The number of ether oxygens (including phenoxy) is 1. The first-order valence-electron chi connectivity index (χ1n) is 10.1. The zero-order chi connectivity index (χ0) is 22.9. The minimum absolute atomic E-state index is 0.0738. The van der Waals surface area contributed by atoms with Crippen LogP contribution in [0, 0.1) is 0 Å². The third-order valence-corrected chi connectivity index (χ3v) is 7.50. The van der Waals surface area contributed by atoms with E-state index in [4.69, 9.17) is 16.3 Å². The third-order valence-electron chi connectivity index (χ3n) is 5.50. The van der Waals surface area contributed by atoms with Gasteiger partial charge in [-0.1, -0.05) is 48.0 Å². The zero-order valence-electron chi connectivity index (χ0n) is 17.7. The van der Waals surface area contributed by atoms with Gasteiger partial charge >= 0.3 is 0 Å². The molecule has 32 heavy (non-hydrogen) atoms. The van der Waals surface area contributed by atoms with E-state index in [-0.39, 0.29) is 22.5 Å². The molecule has 0 bridgehead atoms. The maximum absolute atomic E-state index is 13.6. The van der Waals surface area contributed by atoms with Gasteiger partial charge in [0.1, 0.15) is 12.3 Å². The van der Waals surface area contributed by atoms with Crippen molar-refractivity contribution in [3.63, 3.8) is 0 Å². The lowest BCUT2D eigenvalue weighted by Gasteiger charge is -2.29. The van der Waals surface area contributed by atoms with Gasteiger partial charge in [-0.25, -0.2) is 8.42 Å². The Bertz CT molecular complexity index is 1250. The normalized spacial score (nSPS) is 15.3. The van der Waals surface area contributed by atoms with Gasteiger partial charge in [0.05, 0.1) is 17.7 Å². The van der Waals surface area contributed by atoms with Crippen LogP contribution in [0.15, 0.2) is 77.7 Å². The first kappa shape index (κ1) is 22.2. The number of carbonyl (C=O) groups is 1. The first-order chi connectivity index (χ1) is 15.3. The highest BCUT2D eigenvalue weighted by molar-refractivity contribution is 7.92. The molecule has 3 aromatic rings. The van der Waals surface area contributed by atoms with Crippen LogP contribution in [0.3, 0.4) is 0 Å². The summed E-state index contributed by atoms with van der Waals surface area (Å²) in [6.45, 7) is 1.56. The SMILES string of the molecule is COc1ccc(Cl)cc1N(CC(=O)N1c2ccccc2CC1C)S(=O)(=O)c1ccccc1. The molecule has 0 aliphatic carbocycles. The number of hydrogen-bond acceptors (Lipinski definition) is 4. The Morgan fingerprint density at radius 3 is 2.50 bits per heavy atom. The quantitative estimate of drug-likeness (QED) is 0.531. The van der Waals surface area contributed by atoms with E-state index in [1.807, 2.05) is 31.2 Å². The van der Waals surface area contributed by atoms with E-state index in [1.165, 1.54) is 25.3 Å². The molecule has 0 aromatic heterocycles. The Morgan fingerprint density at radius 1 is 1.09 bits per heavy atom. The fraction of sp³-hybridized carbons (Fsp3) is 0.208. The molecule has 4 rings (SSSR count). The molecule has 0 radical (unpaired) electrons. The van der Waals surface area contributed by atoms with Crippen molar-refractivity contribution >= 4 is 38.9 Å². The second-order valence-electron chi connectivity index (χ2n) is 7.59. The molecular weight excluding hydrogens is 448 g/mol. The van der Waals surface area contributed by atoms with Gasteiger partial charge in [0.15, 0.2) is 0 Å². The van der Waals surface area contributed by atoms with Gasteiger partial charge in [0.2, 0.25) is 5.91 Å². The predicted molar refractivity (Wildman–Crippen MR) is 126 cm³/mol. The summed E-state index contributed by atoms with van der Waals surface area (Å²) in [5, 5.41) is 0.335. The van der Waals surface area contributed by atoms with Crippen LogP contribution in [0.4, 0.5) is 11.4 Å². The molecule has 0 N–H and O–H groups in total. The van der Waals surface area contributed by atoms with E-state index in [0.29, 0.717) is 17.2 Å². The van der Waals surface area contributed by atoms with Crippen LogP contribution in [0.1, 0.15) is 12.5 Å². The number of rotatable bonds is 6. The van der Waals surface area contributed by atoms with Crippen molar-refractivity contribution < 1.29 is 17.9 Å². The van der Waals surface area contributed by atoms with Crippen LogP contribution in [-0.4, -0.2) is 34.0 Å². The van der Waals surface area contributed by atoms with Crippen molar-refractivity contribution in [2.24, 2.45) is 0 Å². The minimum atomic E-state index is -4.08. The van der Waals surface area contributed by atoms with Crippen LogP contribution < -0.4 is 13.9 Å². The van der Waals surface area contributed by atoms with E-state index < -0.39 is 16.6 Å². The molecule has 0 fully saturated rings. The average molecular weight is 471 g/mol. The molecule has 1 amide bonds. The molecule has 1 aliphatic rings. The standard InChI is InChI=1S/C24H23ClN2O4S/c1-17-14-18-8-6-7-11-21(18)27(17)24(28)16-26(22-15-19(25)12-13-23(22)31-2)32(29,30)20-9-4-3-5-10-20/h3-13,15,17H,14,16H2,1-2H3. The van der Waals surface area contributed by atoms with Crippen LogP contribution in [0.25, 0.3) is 0 Å². The van der Waals surface area contributed by atoms with Crippen LogP contribution in [0.2, 0.25) is 5.02 Å². The molecule has 6 nitrogen and oxygen atoms in total. The number of amides is 1. The van der Waals surface area contributed by atoms with E-state index in [2.05, 4.69) is 0 Å². The van der Waals surface area contributed by atoms with Crippen molar-refractivity contribution in [2.45, 2.75) is 24.3 Å². The smallest absolute Gasteiger partial charge is 0.264 e. The number of anilines is 2. The maximum Gasteiger partial charge on any atom is 0.264 e. The second kappa shape index (κ2) is 8.84. The van der Waals surface area contributed by atoms with Gasteiger partial charge in [0.25, 0.3) is 10.0 Å². The molecule has 1 heterocycles. The lowest BCUT2D eigenvalue weighted by molar-refractivity contribution is -0.117. The van der Waals surface area contributed by atoms with E-state index in [0.717, 1.165) is 15.6 Å². The number of benzene rings is 3. The molecule has 1 unspecified atom stereocenters. The summed E-state index contributed by atoms with van der Waals surface area (Å²) >= 11 is 6.20. The average Bonchev–Trinajstić information content (AvgIpc) is 3.13. The number of fused-ring (bicyclic) bond motifs is 1. The summed E-state index contributed by atoms with van der Waals surface area (Å²) in [4.78, 5) is 15.3. The van der Waals surface area contributed by atoms with Crippen molar-refractivity contribution in [2.75, 3.05) is 22.9 Å². The molecule has 3 aromatic carbocycles. The first-order valence-corrected chi connectivity index (χ1v) is 12.0. The molecule has 166 valence electrons. The molecule has 0 saturated carbocycles. The van der Waals surface area contributed by atoms with Gasteiger partial charge in [-0.2, -0.15) is 0 Å². The lowest BCUT2D eigenvalue weighted by atomic mass is 10.1. The summed E-state index contributed by atoms with van der Waals surface area (Å²) < 4.78 is 33.8. The van der Waals surface area contributed by atoms with Gasteiger partial charge in [-0.3, -0.25) is 9.10 Å². The Kier molecular flexibility index (Phi) is 6.13. The van der Waals surface area contributed by atoms with Gasteiger partial charge in [-0.15, -0.1) is 0 Å². The summed E-state index contributed by atoms with van der Waals surface area (Å²) in [6.07, 6.45) is 0.716. The van der Waals surface area contributed by atoms with Crippen molar-refractivity contribution in [1.29, 1.82) is 0 Å². The molecule has 0 saturated heterocycles. The fourth-order valence-corrected chi connectivity index (χ4v) is 5.63. The van der Waals surface area contributed by atoms with Gasteiger partial charge < -0.3 is 9.64 Å². The van der Waals surface area contributed by atoms with Crippen molar-refractivity contribution in [3.05, 3.63) is 83.4 Å². The number of hydrogen-bond donors (Lipinski definition) is 0. The zero-order valence-corrected chi connectivity index (χ0v) is 19.3. The Morgan fingerprint density at radius 2 is 1.78 bits per heavy atom. The lowest BCUT2D eigenvalue weighted by Crippen LogP contribution is -2.45. The number of para-hydroxylation sites is 1. The Labute approximate surface area is 193 Å². The molecule has 8 heteroatoms. The van der Waals surface area contributed by atoms with Crippen molar-refractivity contribution in [1.82, 2.24) is 0 Å². The number of halogens is 1. The van der Waals surface area contributed by atoms with Crippen LogP contribution in [0.5, 0.6) is 5.75 Å². The summed E-state index contributed by atoms with van der Waals surface area (Å²) in [7, 11) is -2.63. The molecule has 1 aliphatic heterocycles. The maximum atomic E-state index is 13.6. The fourth-order valence-electron chi connectivity index (χ4n) is 4.02. The molecule has 1 atom stereocenters. The topological polar surface area (TPSA) is 66.9 Å². The highest BCUT2D eigenvalue weighted by atomic mass is 35.5. The summed E-state index contributed by atoms with van der Waals surface area (Å²) in [6, 6.07) is 20.3. The second-order valence-corrected chi connectivity index (χ2v) is 9.89. The van der Waals surface area contributed by atoms with Gasteiger partial charge in [-0.05, 0) is 55.3 Å². The van der Waals surface area contributed by atoms with Crippen LogP contribution in [-0.2, 0) is 21.2 Å². The summed E-state index contributed by atoms with van der Waals surface area (Å²) in [5.74, 6) is -0.0273. The van der Waals surface area contributed by atoms with E-state index in [1.54, 1.807) is 35.2 Å². The van der Waals surface area contributed by atoms with E-state index in [9.17, 15) is 13.2 Å². The molecular formula is C24H23ClN2O4S. The number of sulfonamides is 1. The highest BCUT2D eigenvalue weighted by Gasteiger charge is 2.35. The van der Waals surface area contributed by atoms with Crippen molar-refractivity contribution in [3.8, 4) is 5.75 Å². The third kappa shape index (κ3) is 4.06. The monoisotopic (exact) mass is 470 g/mol. The van der Waals surface area contributed by atoms with Crippen LogP contribution >= 0.6 is 11.6 Å². The van der Waals surface area contributed by atoms with Gasteiger partial charge in [0, 0.05) is 16.8 Å².